The summed E-state index contributed by atoms with van der Waals surface area (Å²) >= 11 is 0. The molecule has 0 radical (unpaired) electrons. The molecule has 0 saturated heterocycles. The molecule has 20 heteroatoms. The van der Waals surface area contributed by atoms with E-state index in [1.165, 1.54) is 52.2 Å². The Morgan fingerprint density at radius 2 is 0.966 bits per heavy atom. The largest absolute Gasteiger partial charge is 0.511 e. The fourth-order valence-corrected chi connectivity index (χ4v) is 7.68. The maximum atomic E-state index is 12.9. The number of nitrogens with zero attached hydrogens (tertiary/aromatic N) is 4. The second-order valence-electron chi connectivity index (χ2n) is 13.9. The molecule has 2 aliphatic rings. The Kier molecular flexibility index (Phi) is 11.0. The number of carbonyl (C=O) groups excluding carboxylic acids is 4. The number of benzene rings is 2. The second kappa shape index (κ2) is 15.5. The molecule has 0 bridgehead atoms. The first-order valence-electron chi connectivity index (χ1n) is 17.8. The van der Waals surface area contributed by atoms with Gasteiger partial charge in [0.25, 0.3) is 0 Å². The Morgan fingerprint density at radius 1 is 0.603 bits per heavy atom. The minimum atomic E-state index is -2.06. The van der Waals surface area contributed by atoms with Crippen LogP contribution in [0.1, 0.15) is 69.5 Å². The number of carbonyl (C=O) groups is 4. The van der Waals surface area contributed by atoms with Gasteiger partial charge in [-0.1, -0.05) is 0 Å². The molecule has 2 heterocycles. The van der Waals surface area contributed by atoms with Crippen molar-refractivity contribution in [2.75, 3.05) is 54.5 Å². The molecule has 4 unspecified atom stereocenters. The van der Waals surface area contributed by atoms with Crippen LogP contribution in [0.4, 0.5) is 0 Å². The van der Waals surface area contributed by atoms with Crippen molar-refractivity contribution in [1.82, 2.24) is 41.2 Å². The molecule has 58 heavy (non-hydrogen) atoms. The number of esters is 2. The van der Waals surface area contributed by atoms with E-state index in [4.69, 9.17) is 9.47 Å². The maximum Gasteiger partial charge on any atom is 0.340 e. The fourth-order valence-electron chi connectivity index (χ4n) is 7.68. The first kappa shape index (κ1) is 41.2. The van der Waals surface area contributed by atoms with Gasteiger partial charge in [0.15, 0.2) is 0 Å². The van der Waals surface area contributed by atoms with E-state index >= 15 is 0 Å². The van der Waals surface area contributed by atoms with Gasteiger partial charge in [0.1, 0.15) is 68.1 Å². The number of aliphatic hydroxyl groups is 4. The number of phenolic OH excluding ortho intramolecular Hbond substituents is 2. The molecule has 306 valence electrons. The van der Waals surface area contributed by atoms with Crippen LogP contribution in [-0.2, 0) is 29.9 Å². The van der Waals surface area contributed by atoms with Crippen LogP contribution in [0.2, 0.25) is 0 Å². The van der Waals surface area contributed by atoms with Gasteiger partial charge in [0.05, 0.1) is 48.1 Å². The molecule has 0 fully saturated rings. The smallest absolute Gasteiger partial charge is 0.340 e. The van der Waals surface area contributed by atoms with Crippen LogP contribution in [0.15, 0.2) is 46.9 Å². The topological polar surface area (TPSA) is 308 Å². The summed E-state index contributed by atoms with van der Waals surface area (Å²) in [6.45, 7) is 1.14. The quantitative estimate of drug-likeness (QED) is 0.0903. The molecule has 20 nitrogen and oxygen atoms in total. The van der Waals surface area contributed by atoms with Gasteiger partial charge in [0.2, 0.25) is 11.8 Å². The van der Waals surface area contributed by atoms with E-state index in [1.54, 1.807) is 0 Å². The number of hydrogen-bond donors (Lipinski definition) is 10. The number of phenols is 2. The summed E-state index contributed by atoms with van der Waals surface area (Å²) < 4.78 is 9.85. The van der Waals surface area contributed by atoms with Crippen molar-refractivity contribution >= 4 is 45.8 Å². The highest BCUT2D eigenvalue weighted by Crippen LogP contribution is 2.53. The zero-order valence-electron chi connectivity index (χ0n) is 32.2. The van der Waals surface area contributed by atoms with Gasteiger partial charge in [-0.15, -0.1) is 0 Å². The Hall–Kier alpha value is -6.48. The maximum absolute atomic E-state index is 12.9. The van der Waals surface area contributed by atoms with Crippen molar-refractivity contribution in [2.24, 2.45) is 0 Å². The number of methoxy groups -OCH3 is 2. The van der Waals surface area contributed by atoms with E-state index in [1.807, 2.05) is 0 Å². The van der Waals surface area contributed by atoms with Gasteiger partial charge in [-0.25, -0.2) is 29.5 Å². The number of amides is 2. The summed E-state index contributed by atoms with van der Waals surface area (Å²) in [5.74, 6) is -5.06. The molecule has 6 rings (SSSR count). The van der Waals surface area contributed by atoms with Crippen LogP contribution in [0.5, 0.6) is 11.5 Å². The van der Waals surface area contributed by atoms with Crippen LogP contribution >= 0.6 is 0 Å². The third kappa shape index (κ3) is 6.35. The van der Waals surface area contributed by atoms with Crippen molar-refractivity contribution in [2.45, 2.75) is 36.9 Å². The Morgan fingerprint density at radius 3 is 1.28 bits per heavy atom. The molecular weight excluding hydrogens is 760 g/mol. The average Bonchev–Trinajstić information content (AvgIpc) is 3.20. The molecule has 2 amide bonds. The number of ether oxygens (including phenoxy) is 2. The highest BCUT2D eigenvalue weighted by atomic mass is 16.5. The van der Waals surface area contributed by atoms with Crippen LogP contribution in [-0.4, -0.2) is 129 Å². The predicted octanol–water partition coefficient (Wildman–Crippen LogP) is 0.162. The molecule has 0 spiro atoms. The van der Waals surface area contributed by atoms with E-state index in [2.05, 4.69) is 41.2 Å². The van der Waals surface area contributed by atoms with Gasteiger partial charge in [0, 0.05) is 51.2 Å². The third-order valence-electron chi connectivity index (χ3n) is 10.4. The number of hydrogen-bond acceptors (Lipinski definition) is 18. The molecule has 4 atom stereocenters. The van der Waals surface area contributed by atoms with Gasteiger partial charge < -0.3 is 61.4 Å². The molecule has 10 N–H and O–H groups in total. The molecular formula is C38H42N8O12. The SMILES string of the molecule is CNCC1(CNC(C)=O)C(O)=C(C2=C(O)C(CNC)(CNC(C)=O)c3nc4c(O)ccc(C(=O)OC)c4nc3C2O)C(O)c2nc3c(C(=O)OC)ccc(O)c3nc21. The molecule has 2 aromatic carbocycles. The molecule has 0 aliphatic heterocycles. The third-order valence-corrected chi connectivity index (χ3v) is 10.4. The van der Waals surface area contributed by atoms with Crippen molar-refractivity contribution in [3.8, 4) is 11.5 Å². The first-order valence-corrected chi connectivity index (χ1v) is 17.8. The van der Waals surface area contributed by atoms with E-state index < -0.39 is 94.0 Å². The number of nitrogens with one attached hydrogen (secondary N) is 4. The minimum absolute atomic E-state index is 0.149. The van der Waals surface area contributed by atoms with Crippen LogP contribution in [0.25, 0.3) is 22.1 Å². The lowest BCUT2D eigenvalue weighted by molar-refractivity contribution is -0.120. The summed E-state index contributed by atoms with van der Waals surface area (Å²) in [4.78, 5) is 69.2. The number of fused-ring (bicyclic) bond motifs is 4. The number of rotatable bonds is 11. The summed E-state index contributed by atoms with van der Waals surface area (Å²) in [6, 6.07) is 4.85. The summed E-state index contributed by atoms with van der Waals surface area (Å²) in [5.41, 5.74) is -6.83. The highest BCUT2D eigenvalue weighted by Gasteiger charge is 2.55. The van der Waals surface area contributed by atoms with Crippen molar-refractivity contribution in [3.63, 3.8) is 0 Å². The fraction of sp³-hybridized carbons (Fsp3) is 0.368. The van der Waals surface area contributed by atoms with E-state index in [9.17, 15) is 49.8 Å². The lowest BCUT2D eigenvalue weighted by Crippen LogP contribution is -2.53. The summed E-state index contributed by atoms with van der Waals surface area (Å²) in [5, 5.41) is 83.2. The van der Waals surface area contributed by atoms with Gasteiger partial charge in [-0.05, 0) is 38.4 Å². The number of aliphatic hydroxyl groups excluding tert-OH is 4. The highest BCUT2D eigenvalue weighted by molar-refractivity contribution is 6.04. The zero-order chi connectivity index (χ0) is 42.4. The van der Waals surface area contributed by atoms with E-state index in [0.717, 1.165) is 14.2 Å². The monoisotopic (exact) mass is 802 g/mol. The van der Waals surface area contributed by atoms with Crippen LogP contribution in [0.3, 0.4) is 0 Å². The normalized spacial score (nSPS) is 21.4. The van der Waals surface area contributed by atoms with Crippen molar-refractivity contribution in [3.05, 3.63) is 80.8 Å². The van der Waals surface area contributed by atoms with E-state index in [-0.39, 0.29) is 69.1 Å². The Labute approximate surface area is 329 Å². The predicted molar refractivity (Wildman–Crippen MR) is 203 cm³/mol. The summed E-state index contributed by atoms with van der Waals surface area (Å²) in [7, 11) is 5.31. The zero-order valence-corrected chi connectivity index (χ0v) is 32.2. The molecule has 2 aliphatic carbocycles. The van der Waals surface area contributed by atoms with Gasteiger partial charge >= 0.3 is 11.9 Å². The van der Waals surface area contributed by atoms with Gasteiger partial charge in [-0.3, -0.25) is 9.59 Å². The second-order valence-corrected chi connectivity index (χ2v) is 13.9. The lowest BCUT2D eigenvalue weighted by atomic mass is 9.66. The average molecular weight is 803 g/mol. The summed E-state index contributed by atoms with van der Waals surface area (Å²) in [6.07, 6.45) is -4.13. The van der Waals surface area contributed by atoms with Gasteiger partial charge in [-0.2, -0.15) is 0 Å². The number of aromatic nitrogens is 4. The standard InChI is InChI=1S/C38H42N8O12/c1-15(47)41-13-37(11-39-3)31-27(43-23-17(35(55)57-5)7-9-19(49)25(23)45-31)29(51)21(33(37)53)22-30(52)28-32(38(12-40-4,34(22)54)14-42-16(2)48)46-26-20(50)10-8-18(24(26)44-28)36(56)58-6/h7-10,29-30,39-40,49-54H,11-14H2,1-6H3,(H,41,47)(H,42,48). The number of likely N-dealkylation sites (N-methyl/N-ethyl adjacent to an activating group) is 2. The van der Waals surface area contributed by atoms with Crippen LogP contribution < -0.4 is 21.3 Å². The molecule has 0 saturated carbocycles. The minimum Gasteiger partial charge on any atom is -0.511 e. The van der Waals surface area contributed by atoms with Crippen molar-refractivity contribution in [1.29, 1.82) is 0 Å². The lowest BCUT2D eigenvalue weighted by Gasteiger charge is -2.44. The Balaban J connectivity index is 1.77. The Bertz CT molecular complexity index is 2300. The number of aromatic hydroxyl groups is 2. The van der Waals surface area contributed by atoms with E-state index in [0.29, 0.717) is 0 Å². The van der Waals surface area contributed by atoms with Crippen molar-refractivity contribution < 1.29 is 59.3 Å². The first-order chi connectivity index (χ1) is 27.5. The molecule has 4 aromatic rings. The molecule has 2 aromatic heterocycles. The van der Waals surface area contributed by atoms with Crippen LogP contribution in [0, 0.1) is 0 Å².